The summed E-state index contributed by atoms with van der Waals surface area (Å²) in [5, 5.41) is 0. The SMILES string of the molecule is C=C.C=CC.CC.CCCCC1C(C)C2CC1C(C)(C)C2. The first kappa shape index (κ1) is 22.8. The van der Waals surface area contributed by atoms with E-state index in [-0.39, 0.29) is 0 Å². The highest BCUT2D eigenvalue weighted by atomic mass is 14.6. The smallest absolute Gasteiger partial charge is 0.0320 e. The van der Waals surface area contributed by atoms with Gasteiger partial charge in [-0.2, -0.15) is 0 Å². The van der Waals surface area contributed by atoms with E-state index < -0.39 is 0 Å². The summed E-state index contributed by atoms with van der Waals surface area (Å²) >= 11 is 0. The molecule has 2 saturated carbocycles. The third-order valence-corrected chi connectivity index (χ3v) is 5.18. The lowest BCUT2D eigenvalue weighted by Crippen LogP contribution is -2.32. The van der Waals surface area contributed by atoms with E-state index in [0.29, 0.717) is 5.41 Å². The molecule has 0 amide bonds. The Bertz CT molecular complexity index is 251. The fourth-order valence-electron chi connectivity index (χ4n) is 4.33. The standard InChI is InChI=1S/C14H26.C3H6.C2H6.C2H4/c1-5-6-7-12-10(2)11-8-13(12)14(3,4)9-11;1-3-2;2*1-2/h10-13H,5-9H2,1-4H3;3H,1H2,2H3;1-2H3;1-2H2. The predicted octanol–water partition coefficient (Wildman–Crippen LogP) is 7.52. The van der Waals surface area contributed by atoms with Gasteiger partial charge in [0, 0.05) is 0 Å². The van der Waals surface area contributed by atoms with Crippen molar-refractivity contribution in [3.05, 3.63) is 25.8 Å². The van der Waals surface area contributed by atoms with Gasteiger partial charge in [0.15, 0.2) is 0 Å². The number of hydrogen-bond donors (Lipinski definition) is 0. The van der Waals surface area contributed by atoms with E-state index in [0.717, 1.165) is 23.7 Å². The Morgan fingerprint density at radius 1 is 1.19 bits per heavy atom. The maximum Gasteiger partial charge on any atom is -0.0320 e. The molecule has 0 nitrogen and oxygen atoms in total. The van der Waals surface area contributed by atoms with Gasteiger partial charge in [-0.3, -0.25) is 0 Å². The summed E-state index contributed by atoms with van der Waals surface area (Å²) < 4.78 is 0. The van der Waals surface area contributed by atoms with Crippen LogP contribution in [0.5, 0.6) is 0 Å². The molecule has 4 atom stereocenters. The second-order valence-corrected chi connectivity index (χ2v) is 6.87. The molecule has 0 aromatic rings. The summed E-state index contributed by atoms with van der Waals surface area (Å²) in [7, 11) is 0. The zero-order chi connectivity index (χ0) is 17.1. The largest absolute Gasteiger partial charge is 0.106 e. The van der Waals surface area contributed by atoms with E-state index >= 15 is 0 Å². The Balaban J connectivity index is 0. The minimum absolute atomic E-state index is 0.662. The molecule has 126 valence electrons. The van der Waals surface area contributed by atoms with E-state index in [9.17, 15) is 0 Å². The summed E-state index contributed by atoms with van der Waals surface area (Å²) in [6.45, 7) is 25.1. The molecule has 2 fully saturated rings. The number of unbranched alkanes of at least 4 members (excludes halogenated alkanes) is 1. The van der Waals surface area contributed by atoms with E-state index in [2.05, 4.69) is 47.4 Å². The Labute approximate surface area is 136 Å². The maximum absolute atomic E-state index is 3.36. The molecule has 2 rings (SSSR count). The van der Waals surface area contributed by atoms with Gasteiger partial charge >= 0.3 is 0 Å². The van der Waals surface area contributed by atoms with Crippen LogP contribution < -0.4 is 0 Å². The van der Waals surface area contributed by atoms with Gasteiger partial charge in [0.25, 0.3) is 0 Å². The molecule has 0 spiro atoms. The van der Waals surface area contributed by atoms with Crippen molar-refractivity contribution in [3.63, 3.8) is 0 Å². The summed E-state index contributed by atoms with van der Waals surface area (Å²) in [6, 6.07) is 0. The third-order valence-electron chi connectivity index (χ3n) is 5.18. The van der Waals surface area contributed by atoms with Crippen molar-refractivity contribution >= 4 is 0 Å². The number of fused-ring (bicyclic) bond motifs is 2. The molecule has 0 heteroatoms. The average Bonchev–Trinajstić information content (AvgIpc) is 2.95. The summed E-state index contributed by atoms with van der Waals surface area (Å²) in [5.74, 6) is 4.20. The highest BCUT2D eigenvalue weighted by Crippen LogP contribution is 2.61. The molecular formula is C21H42. The van der Waals surface area contributed by atoms with Crippen LogP contribution in [0.2, 0.25) is 0 Å². The maximum atomic E-state index is 3.36. The van der Waals surface area contributed by atoms with Crippen molar-refractivity contribution in [3.8, 4) is 0 Å². The highest BCUT2D eigenvalue weighted by Gasteiger charge is 2.53. The third kappa shape index (κ3) is 6.41. The fraction of sp³-hybridized carbons (Fsp3) is 0.810. The zero-order valence-corrected chi connectivity index (χ0v) is 16.0. The van der Waals surface area contributed by atoms with Crippen LogP contribution in [0.15, 0.2) is 25.8 Å². The fourth-order valence-corrected chi connectivity index (χ4v) is 4.33. The molecule has 4 unspecified atom stereocenters. The number of hydrogen-bond acceptors (Lipinski definition) is 0. The normalized spacial score (nSPS) is 30.8. The van der Waals surface area contributed by atoms with Gasteiger partial charge in [-0.15, -0.1) is 19.7 Å². The van der Waals surface area contributed by atoms with Gasteiger partial charge in [0.05, 0.1) is 0 Å². The zero-order valence-electron chi connectivity index (χ0n) is 16.0. The lowest BCUT2D eigenvalue weighted by molar-refractivity contribution is 0.0981. The van der Waals surface area contributed by atoms with Crippen molar-refractivity contribution < 1.29 is 0 Å². The van der Waals surface area contributed by atoms with Gasteiger partial charge in [-0.05, 0) is 55.3 Å². The first-order valence-corrected chi connectivity index (χ1v) is 9.05. The second-order valence-electron chi connectivity index (χ2n) is 6.87. The van der Waals surface area contributed by atoms with Crippen LogP contribution in [0, 0.1) is 29.1 Å². The van der Waals surface area contributed by atoms with Gasteiger partial charge in [0.1, 0.15) is 0 Å². The molecule has 0 aliphatic heterocycles. The first-order chi connectivity index (χ1) is 9.97. The number of rotatable bonds is 3. The topological polar surface area (TPSA) is 0 Å². The van der Waals surface area contributed by atoms with Crippen LogP contribution in [0.25, 0.3) is 0 Å². The monoisotopic (exact) mass is 294 g/mol. The molecule has 0 saturated heterocycles. The van der Waals surface area contributed by atoms with E-state index in [1.54, 1.807) is 12.5 Å². The summed E-state index contributed by atoms with van der Waals surface area (Å²) in [6.07, 6.45) is 9.13. The molecule has 0 heterocycles. The van der Waals surface area contributed by atoms with Crippen LogP contribution in [0.4, 0.5) is 0 Å². The lowest BCUT2D eigenvalue weighted by atomic mass is 9.66. The van der Waals surface area contributed by atoms with Crippen molar-refractivity contribution in [2.75, 3.05) is 0 Å². The Morgan fingerprint density at radius 3 is 2.05 bits per heavy atom. The van der Waals surface area contributed by atoms with Gasteiger partial charge in [0.2, 0.25) is 0 Å². The van der Waals surface area contributed by atoms with Crippen LogP contribution in [0.1, 0.15) is 80.6 Å². The Hall–Kier alpha value is -0.520. The summed E-state index contributed by atoms with van der Waals surface area (Å²) in [5.41, 5.74) is 0.662. The van der Waals surface area contributed by atoms with Crippen LogP contribution in [-0.2, 0) is 0 Å². The van der Waals surface area contributed by atoms with E-state index in [1.165, 1.54) is 25.7 Å². The molecule has 0 radical (unpaired) electrons. The minimum atomic E-state index is 0.662. The highest BCUT2D eigenvalue weighted by molar-refractivity contribution is 5.02. The van der Waals surface area contributed by atoms with E-state index in [1.807, 2.05) is 20.8 Å². The Morgan fingerprint density at radius 2 is 1.67 bits per heavy atom. The van der Waals surface area contributed by atoms with Crippen LogP contribution >= 0.6 is 0 Å². The predicted molar refractivity (Wildman–Crippen MR) is 101 cm³/mol. The average molecular weight is 295 g/mol. The minimum Gasteiger partial charge on any atom is -0.106 e. The Kier molecular flexibility index (Phi) is 13.1. The van der Waals surface area contributed by atoms with Crippen molar-refractivity contribution in [1.82, 2.24) is 0 Å². The quantitative estimate of drug-likeness (QED) is 0.472. The molecule has 21 heavy (non-hydrogen) atoms. The molecule has 0 N–H and O–H groups in total. The number of allylic oxidation sites excluding steroid dienone is 1. The van der Waals surface area contributed by atoms with Crippen molar-refractivity contribution in [2.24, 2.45) is 29.1 Å². The first-order valence-electron chi connectivity index (χ1n) is 9.05. The van der Waals surface area contributed by atoms with Gasteiger partial charge < -0.3 is 0 Å². The second kappa shape index (κ2) is 12.1. The van der Waals surface area contributed by atoms with Crippen molar-refractivity contribution in [1.29, 1.82) is 0 Å². The molecule has 2 aliphatic carbocycles. The van der Waals surface area contributed by atoms with Gasteiger partial charge in [-0.25, -0.2) is 0 Å². The lowest BCUT2D eigenvalue weighted by Gasteiger charge is -2.39. The molecule has 0 aromatic heterocycles. The summed E-state index contributed by atoms with van der Waals surface area (Å²) in [4.78, 5) is 0. The van der Waals surface area contributed by atoms with Gasteiger partial charge in [-0.1, -0.05) is 60.5 Å². The molecule has 2 aliphatic rings. The van der Waals surface area contributed by atoms with E-state index in [4.69, 9.17) is 0 Å². The molecular weight excluding hydrogens is 252 g/mol. The van der Waals surface area contributed by atoms with Crippen LogP contribution in [-0.4, -0.2) is 0 Å². The van der Waals surface area contributed by atoms with Crippen molar-refractivity contribution in [2.45, 2.75) is 80.6 Å². The molecule has 2 bridgehead atoms. The van der Waals surface area contributed by atoms with Crippen LogP contribution in [0.3, 0.4) is 0 Å². The molecule has 0 aromatic carbocycles.